The molecule has 27 heavy (non-hydrogen) atoms. The normalized spacial score (nSPS) is 10.9. The first-order valence-electron chi connectivity index (χ1n) is 9.43. The van der Waals surface area contributed by atoms with E-state index < -0.39 is 0 Å². The zero-order chi connectivity index (χ0) is 18.6. The molecule has 4 aromatic rings. The van der Waals surface area contributed by atoms with E-state index >= 15 is 0 Å². The minimum absolute atomic E-state index is 0.549. The molecule has 0 N–H and O–H groups in total. The summed E-state index contributed by atoms with van der Waals surface area (Å²) in [5.74, 6) is 0.549. The second kappa shape index (κ2) is 7.59. The molecule has 0 aliphatic rings. The van der Waals surface area contributed by atoms with Gasteiger partial charge in [0.1, 0.15) is 0 Å². The van der Waals surface area contributed by atoms with Gasteiger partial charge in [0, 0.05) is 11.8 Å². The Morgan fingerprint density at radius 2 is 1.19 bits per heavy atom. The Bertz CT molecular complexity index is 1030. The van der Waals surface area contributed by atoms with Crippen molar-refractivity contribution in [3.05, 3.63) is 103 Å². The summed E-state index contributed by atoms with van der Waals surface area (Å²) in [6.45, 7) is 4.44. The fourth-order valence-corrected chi connectivity index (χ4v) is 3.32. The van der Waals surface area contributed by atoms with Crippen LogP contribution in [-0.4, -0.2) is 4.98 Å². The van der Waals surface area contributed by atoms with Crippen molar-refractivity contribution in [1.82, 2.24) is 4.98 Å². The van der Waals surface area contributed by atoms with E-state index in [1.807, 2.05) is 12.3 Å². The summed E-state index contributed by atoms with van der Waals surface area (Å²) in [5.41, 5.74) is 8.35. The molecule has 0 bridgehead atoms. The number of hydrogen-bond donors (Lipinski definition) is 0. The van der Waals surface area contributed by atoms with E-state index in [-0.39, 0.29) is 0 Å². The maximum Gasteiger partial charge on any atom is 0.0708 e. The van der Waals surface area contributed by atoms with Crippen LogP contribution in [0.25, 0.3) is 33.5 Å². The molecule has 0 atom stereocenters. The van der Waals surface area contributed by atoms with E-state index in [1.54, 1.807) is 0 Å². The van der Waals surface area contributed by atoms with Crippen molar-refractivity contribution in [2.24, 2.45) is 0 Å². The highest BCUT2D eigenvalue weighted by Gasteiger charge is 2.06. The molecular weight excluding hydrogens is 326 g/mol. The average Bonchev–Trinajstić information content (AvgIpc) is 2.75. The Labute approximate surface area is 161 Å². The van der Waals surface area contributed by atoms with Gasteiger partial charge < -0.3 is 0 Å². The highest BCUT2D eigenvalue weighted by atomic mass is 14.7. The van der Waals surface area contributed by atoms with Gasteiger partial charge in [-0.3, -0.25) is 4.98 Å². The topological polar surface area (TPSA) is 12.9 Å². The molecule has 1 nitrogen and oxygen atoms in total. The van der Waals surface area contributed by atoms with Crippen molar-refractivity contribution in [3.63, 3.8) is 0 Å². The van der Waals surface area contributed by atoms with Crippen LogP contribution in [0.4, 0.5) is 0 Å². The lowest BCUT2D eigenvalue weighted by atomic mass is 9.97. The lowest BCUT2D eigenvalue weighted by Gasteiger charge is -2.09. The first-order chi connectivity index (χ1) is 13.2. The van der Waals surface area contributed by atoms with Gasteiger partial charge in [0.25, 0.3) is 0 Å². The molecule has 0 unspecified atom stereocenters. The van der Waals surface area contributed by atoms with Crippen molar-refractivity contribution in [3.8, 4) is 33.5 Å². The summed E-state index contributed by atoms with van der Waals surface area (Å²) in [6, 6.07) is 32.1. The quantitative estimate of drug-likeness (QED) is 0.379. The maximum atomic E-state index is 4.62. The molecule has 4 rings (SSSR count). The highest BCUT2D eigenvalue weighted by molar-refractivity contribution is 5.74. The zero-order valence-electron chi connectivity index (χ0n) is 15.8. The van der Waals surface area contributed by atoms with Crippen LogP contribution in [0.3, 0.4) is 0 Å². The lowest BCUT2D eigenvalue weighted by Crippen LogP contribution is -1.89. The SMILES string of the molecule is CC(C)c1ccc(-c2ccnc(-c3cccc(-c4ccccc4)c3)c2)cc1. The minimum atomic E-state index is 0.549. The van der Waals surface area contributed by atoms with Gasteiger partial charge in [-0.05, 0) is 51.9 Å². The summed E-state index contributed by atoms with van der Waals surface area (Å²) in [7, 11) is 0. The van der Waals surface area contributed by atoms with Gasteiger partial charge in [0.15, 0.2) is 0 Å². The Morgan fingerprint density at radius 1 is 0.556 bits per heavy atom. The molecular formula is C26H23N. The molecule has 0 saturated heterocycles. The van der Waals surface area contributed by atoms with Crippen molar-refractivity contribution >= 4 is 0 Å². The summed E-state index contributed by atoms with van der Waals surface area (Å²) in [4.78, 5) is 4.62. The fourth-order valence-electron chi connectivity index (χ4n) is 3.32. The minimum Gasteiger partial charge on any atom is -0.256 e. The number of aromatic nitrogens is 1. The number of benzene rings is 3. The Kier molecular flexibility index (Phi) is 4.84. The van der Waals surface area contributed by atoms with Gasteiger partial charge in [-0.1, -0.05) is 86.6 Å². The van der Waals surface area contributed by atoms with Gasteiger partial charge in [-0.15, -0.1) is 0 Å². The van der Waals surface area contributed by atoms with Crippen LogP contribution in [0.2, 0.25) is 0 Å². The molecule has 0 saturated carbocycles. The molecule has 3 aromatic carbocycles. The predicted molar refractivity (Wildman–Crippen MR) is 115 cm³/mol. The first-order valence-corrected chi connectivity index (χ1v) is 9.43. The van der Waals surface area contributed by atoms with E-state index in [0.29, 0.717) is 5.92 Å². The summed E-state index contributed by atoms with van der Waals surface area (Å²) >= 11 is 0. The van der Waals surface area contributed by atoms with Gasteiger partial charge in [-0.25, -0.2) is 0 Å². The van der Waals surface area contributed by atoms with E-state index in [9.17, 15) is 0 Å². The highest BCUT2D eigenvalue weighted by Crippen LogP contribution is 2.28. The van der Waals surface area contributed by atoms with Crippen LogP contribution >= 0.6 is 0 Å². The number of pyridine rings is 1. The monoisotopic (exact) mass is 349 g/mol. The second-order valence-electron chi connectivity index (χ2n) is 7.15. The van der Waals surface area contributed by atoms with Crippen molar-refractivity contribution < 1.29 is 0 Å². The Balaban J connectivity index is 1.69. The third-order valence-electron chi connectivity index (χ3n) is 4.94. The van der Waals surface area contributed by atoms with Gasteiger partial charge in [-0.2, -0.15) is 0 Å². The van der Waals surface area contributed by atoms with E-state index in [1.165, 1.54) is 27.8 Å². The third kappa shape index (κ3) is 3.83. The van der Waals surface area contributed by atoms with Gasteiger partial charge in [0.05, 0.1) is 5.69 Å². The molecule has 132 valence electrons. The van der Waals surface area contributed by atoms with E-state index in [4.69, 9.17) is 0 Å². The number of rotatable bonds is 4. The molecule has 0 spiro atoms. The van der Waals surface area contributed by atoms with Crippen LogP contribution in [-0.2, 0) is 0 Å². The Hall–Kier alpha value is -3.19. The molecule has 0 aliphatic heterocycles. The molecule has 1 heterocycles. The summed E-state index contributed by atoms with van der Waals surface area (Å²) in [6.07, 6.45) is 1.90. The van der Waals surface area contributed by atoms with E-state index in [0.717, 1.165) is 11.3 Å². The lowest BCUT2D eigenvalue weighted by molar-refractivity contribution is 0.867. The molecule has 0 aliphatic carbocycles. The standard InChI is InChI=1S/C26H23N/c1-19(2)20-11-13-22(14-12-20)24-15-16-27-26(18-24)25-10-6-9-23(17-25)21-7-4-3-5-8-21/h3-19H,1-2H3. The third-order valence-corrected chi connectivity index (χ3v) is 4.94. The smallest absolute Gasteiger partial charge is 0.0708 e. The molecule has 1 aromatic heterocycles. The van der Waals surface area contributed by atoms with Crippen LogP contribution < -0.4 is 0 Å². The van der Waals surface area contributed by atoms with E-state index in [2.05, 4.69) is 104 Å². The van der Waals surface area contributed by atoms with Crippen LogP contribution in [0, 0.1) is 0 Å². The molecule has 0 fully saturated rings. The van der Waals surface area contributed by atoms with Gasteiger partial charge in [0.2, 0.25) is 0 Å². The first kappa shape index (κ1) is 17.2. The second-order valence-corrected chi connectivity index (χ2v) is 7.15. The molecule has 0 amide bonds. The summed E-state index contributed by atoms with van der Waals surface area (Å²) < 4.78 is 0. The predicted octanol–water partition coefficient (Wildman–Crippen LogP) is 7.21. The van der Waals surface area contributed by atoms with Crippen molar-refractivity contribution in [2.45, 2.75) is 19.8 Å². The Morgan fingerprint density at radius 3 is 1.93 bits per heavy atom. The van der Waals surface area contributed by atoms with Crippen molar-refractivity contribution in [2.75, 3.05) is 0 Å². The fraction of sp³-hybridized carbons (Fsp3) is 0.115. The van der Waals surface area contributed by atoms with Crippen molar-refractivity contribution in [1.29, 1.82) is 0 Å². The van der Waals surface area contributed by atoms with Crippen LogP contribution in [0.15, 0.2) is 97.2 Å². The average molecular weight is 349 g/mol. The largest absolute Gasteiger partial charge is 0.256 e. The summed E-state index contributed by atoms with van der Waals surface area (Å²) in [5, 5.41) is 0. The van der Waals surface area contributed by atoms with Crippen LogP contribution in [0.1, 0.15) is 25.3 Å². The van der Waals surface area contributed by atoms with Crippen LogP contribution in [0.5, 0.6) is 0 Å². The maximum absolute atomic E-state index is 4.62. The van der Waals surface area contributed by atoms with Gasteiger partial charge >= 0.3 is 0 Å². The zero-order valence-corrected chi connectivity index (χ0v) is 15.8. The molecule has 0 radical (unpaired) electrons. The molecule has 1 heteroatoms. The number of nitrogens with zero attached hydrogens (tertiary/aromatic N) is 1. The number of hydrogen-bond acceptors (Lipinski definition) is 1.